The van der Waals surface area contributed by atoms with Crippen LogP contribution in [0.1, 0.15) is 35.8 Å². The molecular weight excluding hydrogens is 371 g/mol. The monoisotopic (exact) mass is 392 g/mol. The zero-order valence-electron chi connectivity index (χ0n) is 15.2. The van der Waals surface area contributed by atoms with E-state index in [4.69, 9.17) is 18.3 Å². The lowest BCUT2D eigenvalue weighted by Crippen LogP contribution is -2.27. The predicted molar refractivity (Wildman–Crippen MR) is 96.5 cm³/mol. The summed E-state index contributed by atoms with van der Waals surface area (Å²) in [5.74, 6) is 0.551. The molecule has 0 saturated carbocycles. The number of para-hydroxylation sites is 1. The van der Waals surface area contributed by atoms with E-state index in [0.717, 1.165) is 16.7 Å². The van der Waals surface area contributed by atoms with Crippen molar-refractivity contribution >= 4 is 7.82 Å². The first-order valence-electron chi connectivity index (χ1n) is 8.81. The third kappa shape index (κ3) is 3.84. The van der Waals surface area contributed by atoms with E-state index >= 15 is 0 Å². The highest BCUT2D eigenvalue weighted by Crippen LogP contribution is 2.55. The lowest BCUT2D eigenvalue weighted by atomic mass is 10.1. The summed E-state index contributed by atoms with van der Waals surface area (Å²) < 4.78 is 36.5. The molecule has 0 radical (unpaired) electrons. The van der Waals surface area contributed by atoms with Crippen LogP contribution in [0.25, 0.3) is 0 Å². The summed E-state index contributed by atoms with van der Waals surface area (Å²) in [6.07, 6.45) is 3.85. The number of benzene rings is 1. The molecule has 2 aliphatic heterocycles. The van der Waals surface area contributed by atoms with Gasteiger partial charge in [-0.1, -0.05) is 18.2 Å². The molecule has 144 valence electrons. The first-order chi connectivity index (χ1) is 12.9. The summed E-state index contributed by atoms with van der Waals surface area (Å²) >= 11 is 0. The minimum absolute atomic E-state index is 0.0585. The molecule has 3 heterocycles. The minimum atomic E-state index is -3.70. The fraction of sp³-hybridized carbons (Fsp3) is 0.444. The number of aromatic nitrogens is 2. The van der Waals surface area contributed by atoms with Crippen molar-refractivity contribution in [2.45, 2.75) is 45.6 Å². The molecule has 1 fully saturated rings. The van der Waals surface area contributed by atoms with Crippen LogP contribution in [0.2, 0.25) is 0 Å². The molecule has 3 atom stereocenters. The van der Waals surface area contributed by atoms with E-state index in [-0.39, 0.29) is 25.0 Å². The van der Waals surface area contributed by atoms with Crippen molar-refractivity contribution in [3.63, 3.8) is 0 Å². The quantitative estimate of drug-likeness (QED) is 0.738. The Bertz CT molecular complexity index is 959. The molecule has 0 aliphatic carbocycles. The van der Waals surface area contributed by atoms with Crippen LogP contribution < -0.4 is 10.2 Å². The number of ether oxygens (including phenoxy) is 1. The average Bonchev–Trinajstić information content (AvgIpc) is 3.12. The molecule has 1 aromatic carbocycles. The van der Waals surface area contributed by atoms with Crippen molar-refractivity contribution in [2.75, 3.05) is 6.61 Å². The van der Waals surface area contributed by atoms with Gasteiger partial charge in [-0.25, -0.2) is 14.3 Å². The average molecular weight is 392 g/mol. The number of aryl methyl sites for hydroxylation is 2. The molecule has 9 heteroatoms. The van der Waals surface area contributed by atoms with Crippen molar-refractivity contribution < 1.29 is 22.9 Å². The van der Waals surface area contributed by atoms with Crippen LogP contribution in [-0.2, 0) is 25.0 Å². The van der Waals surface area contributed by atoms with Crippen molar-refractivity contribution in [2.24, 2.45) is 0 Å². The van der Waals surface area contributed by atoms with Gasteiger partial charge in [0.05, 0.1) is 19.3 Å². The lowest BCUT2D eigenvalue weighted by Gasteiger charge is -2.26. The zero-order valence-corrected chi connectivity index (χ0v) is 16.1. The second kappa shape index (κ2) is 7.20. The van der Waals surface area contributed by atoms with Crippen LogP contribution in [-0.4, -0.2) is 22.3 Å². The first kappa shape index (κ1) is 18.4. The third-order valence-electron chi connectivity index (χ3n) is 4.63. The van der Waals surface area contributed by atoms with Crippen molar-refractivity contribution in [1.29, 1.82) is 0 Å². The van der Waals surface area contributed by atoms with Gasteiger partial charge in [-0.3, -0.25) is 13.6 Å². The Morgan fingerprint density at radius 3 is 3.04 bits per heavy atom. The molecule has 1 unspecified atom stereocenters. The lowest BCUT2D eigenvalue weighted by molar-refractivity contribution is -0.0264. The number of phosphoric ester groups is 1. The van der Waals surface area contributed by atoms with Crippen LogP contribution >= 0.6 is 7.82 Å². The number of phosphoric acid groups is 1. The van der Waals surface area contributed by atoms with Crippen molar-refractivity contribution in [1.82, 2.24) is 9.55 Å². The van der Waals surface area contributed by atoms with Gasteiger partial charge in [0.2, 0.25) is 0 Å². The molecule has 0 amide bonds. The summed E-state index contributed by atoms with van der Waals surface area (Å²) in [7, 11) is -3.70. The number of hydrogen-bond donors (Lipinski definition) is 0. The number of rotatable bonds is 4. The smallest absolute Gasteiger partial charge is 0.403 e. The normalized spacial score (nSPS) is 27.2. The Kier molecular flexibility index (Phi) is 4.90. The van der Waals surface area contributed by atoms with Crippen LogP contribution in [0.4, 0.5) is 0 Å². The number of hydrogen-bond acceptors (Lipinski definition) is 7. The maximum absolute atomic E-state index is 12.8. The Balaban J connectivity index is 1.39. The molecule has 0 N–H and O–H groups in total. The van der Waals surface area contributed by atoms with Gasteiger partial charge < -0.3 is 9.26 Å². The Hall–Kier alpha value is -1.99. The Labute approximate surface area is 156 Å². The van der Waals surface area contributed by atoms with Crippen molar-refractivity contribution in [3.8, 4) is 5.75 Å². The zero-order chi connectivity index (χ0) is 19.0. The van der Waals surface area contributed by atoms with E-state index < -0.39 is 14.1 Å². The minimum Gasteiger partial charge on any atom is -0.403 e. The summed E-state index contributed by atoms with van der Waals surface area (Å²) in [6.45, 7) is 3.98. The third-order valence-corrected chi connectivity index (χ3v) is 5.95. The molecule has 1 aromatic heterocycles. The summed E-state index contributed by atoms with van der Waals surface area (Å²) in [5.41, 5.74) is 2.24. The standard InChI is InChI=1S/C18H21N2O6P/c1-12-8-19-18(21)20(9-12)16-7-6-15(25-16)11-24-27(22)23-10-14-5-3-4-13(2)17(14)26-27/h3-5,8-9,15-16H,6-7,10-11H2,1-2H3/t15-,16+,27?/m0/s1. The maximum Gasteiger partial charge on any atom is 0.530 e. The number of nitrogens with zero attached hydrogens (tertiary/aromatic N) is 2. The molecule has 27 heavy (non-hydrogen) atoms. The van der Waals surface area contributed by atoms with Gasteiger partial charge >= 0.3 is 13.5 Å². The van der Waals surface area contributed by atoms with E-state index in [0.29, 0.717) is 18.6 Å². The van der Waals surface area contributed by atoms with Gasteiger partial charge in [0, 0.05) is 18.0 Å². The molecule has 8 nitrogen and oxygen atoms in total. The van der Waals surface area contributed by atoms with E-state index in [2.05, 4.69) is 4.98 Å². The molecular formula is C18H21N2O6P. The van der Waals surface area contributed by atoms with Crippen LogP contribution in [0.15, 0.2) is 35.4 Å². The molecule has 1 saturated heterocycles. The second-order valence-corrected chi connectivity index (χ2v) is 8.38. The van der Waals surface area contributed by atoms with E-state index in [1.807, 2.05) is 32.0 Å². The Morgan fingerprint density at radius 1 is 1.33 bits per heavy atom. The van der Waals surface area contributed by atoms with Gasteiger partial charge in [0.15, 0.2) is 0 Å². The van der Waals surface area contributed by atoms with E-state index in [9.17, 15) is 9.36 Å². The predicted octanol–water partition coefficient (Wildman–Crippen LogP) is 3.27. The Morgan fingerprint density at radius 2 is 2.19 bits per heavy atom. The fourth-order valence-corrected chi connectivity index (χ4v) is 4.55. The molecule has 2 aromatic rings. The summed E-state index contributed by atoms with van der Waals surface area (Å²) in [6, 6.07) is 5.64. The molecule has 4 rings (SSSR count). The van der Waals surface area contributed by atoms with Crippen LogP contribution in [0, 0.1) is 13.8 Å². The fourth-order valence-electron chi connectivity index (χ4n) is 3.23. The van der Waals surface area contributed by atoms with Gasteiger partial charge in [-0.05, 0) is 37.8 Å². The van der Waals surface area contributed by atoms with E-state index in [1.54, 1.807) is 6.20 Å². The molecule has 2 aliphatic rings. The van der Waals surface area contributed by atoms with Gasteiger partial charge in [0.1, 0.15) is 12.0 Å². The molecule has 0 spiro atoms. The highest BCUT2D eigenvalue weighted by atomic mass is 31.2. The van der Waals surface area contributed by atoms with Gasteiger partial charge in [-0.2, -0.15) is 0 Å². The molecule has 0 bridgehead atoms. The SMILES string of the molecule is Cc1cnc(=O)n([C@H]2CC[C@@H](COP3(=O)OCc4cccc(C)c4O3)O2)c1. The van der Waals surface area contributed by atoms with E-state index in [1.165, 1.54) is 10.8 Å². The summed E-state index contributed by atoms with van der Waals surface area (Å²) in [5, 5.41) is 0. The van der Waals surface area contributed by atoms with Crippen molar-refractivity contribution in [3.05, 3.63) is 57.8 Å². The second-order valence-electron chi connectivity index (χ2n) is 6.78. The topological polar surface area (TPSA) is 88.9 Å². The highest BCUT2D eigenvalue weighted by Gasteiger charge is 2.37. The van der Waals surface area contributed by atoms with Gasteiger partial charge in [-0.15, -0.1) is 0 Å². The van der Waals surface area contributed by atoms with Crippen LogP contribution in [0.3, 0.4) is 0 Å². The highest BCUT2D eigenvalue weighted by molar-refractivity contribution is 7.49. The largest absolute Gasteiger partial charge is 0.530 e. The summed E-state index contributed by atoms with van der Waals surface area (Å²) in [4.78, 5) is 15.7. The maximum atomic E-state index is 12.8. The first-order valence-corrected chi connectivity index (χ1v) is 10.3. The number of fused-ring (bicyclic) bond motifs is 1. The van der Waals surface area contributed by atoms with Crippen LogP contribution in [0.5, 0.6) is 5.75 Å². The van der Waals surface area contributed by atoms with Gasteiger partial charge in [0.25, 0.3) is 0 Å².